The molecular formula is C30H24ClNO7. The lowest BCUT2D eigenvalue weighted by atomic mass is 9.93. The molecule has 198 valence electrons. The number of hydrogen-bond donors (Lipinski definition) is 1. The molecule has 0 fully saturated rings. The number of fused-ring (bicyclic) bond motifs is 2. The average molecular weight is 546 g/mol. The number of aryl methyl sites for hydroxylation is 1. The summed E-state index contributed by atoms with van der Waals surface area (Å²) in [6.07, 6.45) is 0.825. The van der Waals surface area contributed by atoms with E-state index < -0.39 is 23.5 Å². The molecule has 2 aliphatic rings. The summed E-state index contributed by atoms with van der Waals surface area (Å²) < 4.78 is 22.6. The van der Waals surface area contributed by atoms with Gasteiger partial charge in [0.25, 0.3) is 5.91 Å². The molecule has 0 bridgehead atoms. The number of nitrogens with zero attached hydrogens (tertiary/aromatic N) is 1. The van der Waals surface area contributed by atoms with Crippen molar-refractivity contribution in [3.63, 3.8) is 0 Å². The molecule has 1 N–H and O–H groups in total. The van der Waals surface area contributed by atoms with Crippen molar-refractivity contribution < 1.29 is 33.3 Å². The summed E-state index contributed by atoms with van der Waals surface area (Å²) in [6, 6.07) is 16.5. The number of halogens is 1. The van der Waals surface area contributed by atoms with Gasteiger partial charge in [-0.15, -0.1) is 0 Å². The number of aliphatic hydroxyl groups excluding tert-OH is 1. The highest BCUT2D eigenvalue weighted by Crippen LogP contribution is 2.45. The van der Waals surface area contributed by atoms with Gasteiger partial charge in [-0.3, -0.25) is 14.5 Å². The zero-order valence-electron chi connectivity index (χ0n) is 21.2. The molecule has 0 aliphatic carbocycles. The van der Waals surface area contributed by atoms with Crippen LogP contribution in [0, 0.1) is 0 Å². The zero-order valence-corrected chi connectivity index (χ0v) is 21.9. The van der Waals surface area contributed by atoms with Crippen molar-refractivity contribution in [1.29, 1.82) is 0 Å². The highest BCUT2D eigenvalue weighted by molar-refractivity contribution is 6.31. The molecule has 0 radical (unpaired) electrons. The number of anilines is 1. The Morgan fingerprint density at radius 1 is 1.05 bits per heavy atom. The van der Waals surface area contributed by atoms with Crippen molar-refractivity contribution in [2.75, 3.05) is 25.2 Å². The number of rotatable bonds is 6. The Kier molecular flexibility index (Phi) is 6.19. The Labute approximate surface area is 228 Å². The number of Topliss-reactive ketones (excluding diaryl/α,β-unsaturated/α-hetero) is 1. The van der Waals surface area contributed by atoms with Gasteiger partial charge in [-0.05, 0) is 41.8 Å². The number of ether oxygens (including phenoxy) is 3. The smallest absolute Gasteiger partial charge is 0.294 e. The van der Waals surface area contributed by atoms with Gasteiger partial charge in [-0.2, -0.15) is 0 Å². The molecule has 1 amide bonds. The number of hydrogen-bond acceptors (Lipinski definition) is 7. The first kappa shape index (κ1) is 24.9. The third-order valence-electron chi connectivity index (χ3n) is 6.95. The van der Waals surface area contributed by atoms with Gasteiger partial charge in [-0.25, -0.2) is 0 Å². The van der Waals surface area contributed by atoms with Gasteiger partial charge in [-0.1, -0.05) is 42.8 Å². The second-order valence-electron chi connectivity index (χ2n) is 9.23. The van der Waals surface area contributed by atoms with Crippen molar-refractivity contribution in [3.05, 3.63) is 93.9 Å². The highest BCUT2D eigenvalue weighted by atomic mass is 35.5. The van der Waals surface area contributed by atoms with Crippen molar-refractivity contribution in [2.24, 2.45) is 0 Å². The number of aliphatic hydroxyl groups is 1. The molecule has 3 heterocycles. The molecular weight excluding hydrogens is 522 g/mol. The highest BCUT2D eigenvalue weighted by Gasteiger charge is 2.45. The van der Waals surface area contributed by atoms with Gasteiger partial charge >= 0.3 is 0 Å². The Bertz CT molecular complexity index is 1650. The third kappa shape index (κ3) is 4.17. The second kappa shape index (κ2) is 9.71. The van der Waals surface area contributed by atoms with Crippen LogP contribution >= 0.6 is 11.6 Å². The summed E-state index contributed by atoms with van der Waals surface area (Å²) in [6.45, 7) is 2.84. The SMILES string of the molecule is CCc1ccc(C2C(C(=O)c3cc4cc(Cl)cc(OC)c4o3)=C(O)C(=O)N2c2ccc3c(c2)OCCO3)cc1. The number of ketones is 1. The summed E-state index contributed by atoms with van der Waals surface area (Å²) in [4.78, 5) is 28.9. The minimum absolute atomic E-state index is 0.0564. The van der Waals surface area contributed by atoms with Crippen molar-refractivity contribution in [3.8, 4) is 17.2 Å². The first-order valence-electron chi connectivity index (χ1n) is 12.5. The van der Waals surface area contributed by atoms with E-state index >= 15 is 0 Å². The topological polar surface area (TPSA) is 98.4 Å². The Morgan fingerprint density at radius 2 is 1.79 bits per heavy atom. The summed E-state index contributed by atoms with van der Waals surface area (Å²) in [7, 11) is 1.47. The van der Waals surface area contributed by atoms with Gasteiger partial charge in [0.05, 0.1) is 18.7 Å². The molecule has 6 rings (SSSR count). The van der Waals surface area contributed by atoms with Crippen LogP contribution in [0.15, 0.2) is 76.4 Å². The van der Waals surface area contributed by atoms with Crippen LogP contribution in [0.5, 0.6) is 17.2 Å². The molecule has 1 atom stereocenters. The minimum atomic E-state index is -0.919. The van der Waals surface area contributed by atoms with Crippen LogP contribution in [0.4, 0.5) is 5.69 Å². The lowest BCUT2D eigenvalue weighted by Gasteiger charge is -2.28. The number of methoxy groups -OCH3 is 1. The van der Waals surface area contributed by atoms with Crippen LogP contribution in [-0.4, -0.2) is 37.1 Å². The third-order valence-corrected chi connectivity index (χ3v) is 7.17. The predicted octanol–water partition coefficient (Wildman–Crippen LogP) is 6.21. The van der Waals surface area contributed by atoms with Gasteiger partial charge in [0.1, 0.15) is 13.2 Å². The van der Waals surface area contributed by atoms with E-state index in [9.17, 15) is 14.7 Å². The number of carbonyl (C=O) groups is 2. The van der Waals surface area contributed by atoms with E-state index in [0.29, 0.717) is 57.7 Å². The van der Waals surface area contributed by atoms with Gasteiger partial charge < -0.3 is 23.7 Å². The van der Waals surface area contributed by atoms with E-state index in [4.69, 9.17) is 30.2 Å². The van der Waals surface area contributed by atoms with E-state index in [2.05, 4.69) is 0 Å². The monoisotopic (exact) mass is 545 g/mol. The Hall–Kier alpha value is -4.43. The molecule has 4 aromatic rings. The normalized spacial score (nSPS) is 16.7. The fraction of sp³-hybridized carbons (Fsp3) is 0.200. The maximum Gasteiger partial charge on any atom is 0.294 e. The fourth-order valence-corrected chi connectivity index (χ4v) is 5.24. The first-order chi connectivity index (χ1) is 18.9. The number of benzene rings is 3. The summed E-state index contributed by atoms with van der Waals surface area (Å²) in [5.41, 5.74) is 2.43. The lowest BCUT2D eigenvalue weighted by molar-refractivity contribution is -0.117. The molecule has 1 aromatic heterocycles. The standard InChI is InChI=1S/C30H24ClNO7/c1-3-16-4-6-17(7-5-16)26-25(27(33)23-13-18-12-19(31)14-24(36-2)29(18)39-23)28(34)30(35)32(26)20-8-9-21-22(15-20)38-11-10-37-21/h4-9,12-15,26,34H,3,10-11H2,1-2H3. The maximum absolute atomic E-state index is 14.0. The fourth-order valence-electron chi connectivity index (χ4n) is 5.02. The van der Waals surface area contributed by atoms with E-state index in [-0.39, 0.29) is 11.3 Å². The predicted molar refractivity (Wildman–Crippen MR) is 145 cm³/mol. The summed E-state index contributed by atoms with van der Waals surface area (Å²) in [5, 5.41) is 12.1. The van der Waals surface area contributed by atoms with Crippen LogP contribution in [0.25, 0.3) is 11.0 Å². The quantitative estimate of drug-likeness (QED) is 0.287. The zero-order chi connectivity index (χ0) is 27.3. The van der Waals surface area contributed by atoms with Crippen LogP contribution in [0.3, 0.4) is 0 Å². The molecule has 8 nitrogen and oxygen atoms in total. The molecule has 39 heavy (non-hydrogen) atoms. The number of carbonyl (C=O) groups excluding carboxylic acids is 2. The minimum Gasteiger partial charge on any atom is -0.503 e. The van der Waals surface area contributed by atoms with Crippen LogP contribution in [0.1, 0.15) is 34.6 Å². The lowest BCUT2D eigenvalue weighted by Crippen LogP contribution is -2.31. The Morgan fingerprint density at radius 3 is 2.51 bits per heavy atom. The molecule has 0 saturated heterocycles. The molecule has 0 saturated carbocycles. The molecule has 1 unspecified atom stereocenters. The molecule has 0 spiro atoms. The van der Waals surface area contributed by atoms with E-state index in [1.54, 1.807) is 30.3 Å². The first-order valence-corrected chi connectivity index (χ1v) is 12.8. The summed E-state index contributed by atoms with van der Waals surface area (Å²) >= 11 is 6.20. The largest absolute Gasteiger partial charge is 0.503 e. The maximum atomic E-state index is 14.0. The number of furan rings is 1. The van der Waals surface area contributed by atoms with Gasteiger partial charge in [0.15, 0.2) is 34.4 Å². The van der Waals surface area contributed by atoms with E-state index in [1.165, 1.54) is 18.1 Å². The van der Waals surface area contributed by atoms with Crippen molar-refractivity contribution in [1.82, 2.24) is 0 Å². The number of amides is 1. The molecule has 2 aliphatic heterocycles. The second-order valence-corrected chi connectivity index (χ2v) is 9.67. The van der Waals surface area contributed by atoms with Crippen molar-refractivity contribution >= 4 is 39.9 Å². The van der Waals surface area contributed by atoms with Gasteiger partial charge in [0.2, 0.25) is 5.78 Å². The average Bonchev–Trinajstić information content (AvgIpc) is 3.50. The van der Waals surface area contributed by atoms with E-state index in [1.807, 2.05) is 31.2 Å². The van der Waals surface area contributed by atoms with Crippen molar-refractivity contribution in [2.45, 2.75) is 19.4 Å². The molecule has 9 heteroatoms. The van der Waals surface area contributed by atoms with E-state index in [0.717, 1.165) is 12.0 Å². The van der Waals surface area contributed by atoms with Gasteiger partial charge in [0, 0.05) is 28.2 Å². The summed E-state index contributed by atoms with van der Waals surface area (Å²) in [5.74, 6) is -0.641. The van der Waals surface area contributed by atoms with Crippen LogP contribution in [0.2, 0.25) is 5.02 Å². The molecule has 3 aromatic carbocycles. The Balaban J connectivity index is 1.48. The van der Waals surface area contributed by atoms with Crippen LogP contribution < -0.4 is 19.1 Å². The van der Waals surface area contributed by atoms with Crippen LogP contribution in [-0.2, 0) is 11.2 Å².